The van der Waals surface area contributed by atoms with Crippen molar-refractivity contribution in [2.45, 2.75) is 31.4 Å². The van der Waals surface area contributed by atoms with E-state index in [1.165, 1.54) is 21.6 Å². The number of thioether (sulfide) groups is 1. The fourth-order valence-electron chi connectivity index (χ4n) is 5.03. The lowest BCUT2D eigenvalue weighted by molar-refractivity contribution is -0.127. The lowest BCUT2D eigenvalue weighted by Gasteiger charge is -2.24. The number of nitrogens with zero attached hydrogens (tertiary/aromatic N) is 1. The third-order valence-electron chi connectivity index (χ3n) is 6.90. The zero-order valence-corrected chi connectivity index (χ0v) is 20.9. The van der Waals surface area contributed by atoms with Crippen molar-refractivity contribution < 1.29 is 14.3 Å². The van der Waals surface area contributed by atoms with E-state index in [9.17, 15) is 9.59 Å². The first-order valence-electron chi connectivity index (χ1n) is 12.0. The van der Waals surface area contributed by atoms with E-state index in [0.717, 1.165) is 34.7 Å². The van der Waals surface area contributed by atoms with E-state index in [1.54, 1.807) is 19.1 Å². The number of ketones is 1. The van der Waals surface area contributed by atoms with E-state index >= 15 is 0 Å². The second-order valence-corrected chi connectivity index (χ2v) is 10.3. The third kappa shape index (κ3) is 5.06. The molecule has 5 heteroatoms. The van der Waals surface area contributed by atoms with Gasteiger partial charge in [-0.25, -0.2) is 0 Å². The number of carbonyl (C=O) groups is 2. The molecular formula is C30H29NO3S. The summed E-state index contributed by atoms with van der Waals surface area (Å²) in [6.07, 6.45) is 2.04. The van der Waals surface area contributed by atoms with Crippen molar-refractivity contribution in [3.63, 3.8) is 0 Å². The summed E-state index contributed by atoms with van der Waals surface area (Å²) in [7, 11) is 3.40. The molecule has 35 heavy (non-hydrogen) atoms. The zero-order valence-electron chi connectivity index (χ0n) is 20.1. The first kappa shape index (κ1) is 23.4. The molecule has 1 atom stereocenters. The van der Waals surface area contributed by atoms with Gasteiger partial charge in [0.2, 0.25) is 5.91 Å². The maximum atomic E-state index is 13.7. The number of carbonyl (C=O) groups excluding carboxylic acids is 2. The van der Waals surface area contributed by atoms with Crippen LogP contribution in [0.25, 0.3) is 5.57 Å². The second kappa shape index (κ2) is 10.1. The van der Waals surface area contributed by atoms with Gasteiger partial charge in [-0.05, 0) is 63.4 Å². The Labute approximate surface area is 211 Å². The van der Waals surface area contributed by atoms with Gasteiger partial charge in [0.05, 0.1) is 7.11 Å². The number of ether oxygens (including phenoxy) is 1. The highest BCUT2D eigenvalue weighted by Gasteiger charge is 2.29. The number of hydrogen-bond donors (Lipinski definition) is 0. The predicted molar refractivity (Wildman–Crippen MR) is 143 cm³/mol. The van der Waals surface area contributed by atoms with Gasteiger partial charge in [-0.1, -0.05) is 48.5 Å². The first-order valence-corrected chi connectivity index (χ1v) is 12.9. The highest BCUT2D eigenvalue weighted by atomic mass is 32.2. The molecule has 1 heterocycles. The summed E-state index contributed by atoms with van der Waals surface area (Å²) in [5.74, 6) is 1.26. The Balaban J connectivity index is 1.46. The van der Waals surface area contributed by atoms with Crippen LogP contribution in [0.3, 0.4) is 0 Å². The van der Waals surface area contributed by atoms with Crippen LogP contribution >= 0.6 is 11.8 Å². The van der Waals surface area contributed by atoms with Crippen molar-refractivity contribution in [1.82, 2.24) is 0 Å². The van der Waals surface area contributed by atoms with Crippen LogP contribution in [0.5, 0.6) is 5.75 Å². The molecular weight excluding hydrogens is 454 g/mol. The number of allylic oxidation sites excluding steroid dienone is 2. The summed E-state index contributed by atoms with van der Waals surface area (Å²) in [5.41, 5.74) is 6.75. The molecule has 0 radical (unpaired) electrons. The molecule has 0 aromatic heterocycles. The molecule has 0 fully saturated rings. The normalized spacial score (nSPS) is 17.7. The average molecular weight is 484 g/mol. The molecule has 0 saturated heterocycles. The summed E-state index contributed by atoms with van der Waals surface area (Å²) in [4.78, 5) is 30.0. The summed E-state index contributed by atoms with van der Waals surface area (Å²) < 4.78 is 5.25. The topological polar surface area (TPSA) is 46.6 Å². The Morgan fingerprint density at radius 3 is 2.51 bits per heavy atom. The zero-order chi connectivity index (χ0) is 24.4. The van der Waals surface area contributed by atoms with Crippen LogP contribution in [0.1, 0.15) is 35.1 Å². The second-order valence-electron chi connectivity index (χ2n) is 9.26. The monoisotopic (exact) mass is 483 g/mol. The lowest BCUT2D eigenvalue weighted by Crippen LogP contribution is -2.35. The van der Waals surface area contributed by atoms with E-state index in [4.69, 9.17) is 4.74 Å². The summed E-state index contributed by atoms with van der Waals surface area (Å²) in [5, 5.41) is 0. The Kier molecular flexibility index (Phi) is 6.78. The molecule has 0 unspecified atom stereocenters. The van der Waals surface area contributed by atoms with Gasteiger partial charge in [0.25, 0.3) is 0 Å². The Hall–Kier alpha value is -3.31. The van der Waals surface area contributed by atoms with Crippen LogP contribution < -0.4 is 9.64 Å². The van der Waals surface area contributed by atoms with Crippen LogP contribution in [0.15, 0.2) is 77.7 Å². The maximum Gasteiger partial charge on any atom is 0.230 e. The lowest BCUT2D eigenvalue weighted by atomic mass is 9.89. The van der Waals surface area contributed by atoms with Crippen molar-refractivity contribution >= 4 is 34.7 Å². The van der Waals surface area contributed by atoms with Gasteiger partial charge in [-0.2, -0.15) is 0 Å². The molecule has 0 spiro atoms. The fourth-order valence-corrected chi connectivity index (χ4v) is 6.16. The number of methoxy groups -OCH3 is 1. The van der Waals surface area contributed by atoms with Crippen molar-refractivity contribution in [1.29, 1.82) is 0 Å². The molecule has 1 aliphatic heterocycles. The van der Waals surface area contributed by atoms with Crippen LogP contribution in [-0.4, -0.2) is 25.8 Å². The van der Waals surface area contributed by atoms with E-state index < -0.39 is 5.92 Å². The SMILES string of the molecule is COc1ccc(N(C)C(=O)[C@H]2CC(=O)CC3=C(Cc4ccccc43)SCc3cccc(c3)C2)cc1. The van der Waals surface area contributed by atoms with E-state index in [2.05, 4.69) is 42.5 Å². The van der Waals surface area contributed by atoms with E-state index in [-0.39, 0.29) is 18.1 Å². The molecule has 3 aromatic carbocycles. The van der Waals surface area contributed by atoms with Crippen LogP contribution in [0.2, 0.25) is 0 Å². The summed E-state index contributed by atoms with van der Waals surface area (Å²) in [6.45, 7) is 0. The number of fused-ring (bicyclic) bond motifs is 4. The van der Waals surface area contributed by atoms with Gasteiger partial charge in [0.1, 0.15) is 11.5 Å². The van der Waals surface area contributed by atoms with Gasteiger partial charge >= 0.3 is 0 Å². The number of amides is 1. The molecule has 2 aliphatic rings. The van der Waals surface area contributed by atoms with Gasteiger partial charge in [0.15, 0.2) is 0 Å². The molecule has 3 aromatic rings. The minimum atomic E-state index is -0.419. The predicted octanol–water partition coefficient (Wildman–Crippen LogP) is 6.08. The van der Waals surface area contributed by atoms with Gasteiger partial charge in [-0.15, -0.1) is 11.8 Å². The van der Waals surface area contributed by atoms with Crippen molar-refractivity contribution in [3.05, 3.63) is 100.0 Å². The van der Waals surface area contributed by atoms with Crippen molar-refractivity contribution in [2.75, 3.05) is 19.1 Å². The number of anilines is 1. The molecule has 0 N–H and O–H groups in total. The molecule has 1 aliphatic carbocycles. The minimum absolute atomic E-state index is 0.0404. The summed E-state index contributed by atoms with van der Waals surface area (Å²) >= 11 is 1.84. The van der Waals surface area contributed by atoms with Gasteiger partial charge < -0.3 is 9.64 Å². The van der Waals surface area contributed by atoms with E-state index in [0.29, 0.717) is 12.8 Å². The van der Waals surface area contributed by atoms with Gasteiger partial charge in [-0.3, -0.25) is 9.59 Å². The minimum Gasteiger partial charge on any atom is -0.497 e. The van der Waals surface area contributed by atoms with Crippen molar-refractivity contribution in [2.24, 2.45) is 5.92 Å². The number of Topliss-reactive ketones (excluding diaryl/α,β-unsaturated/α-hetero) is 1. The molecule has 1 amide bonds. The molecule has 5 rings (SSSR count). The van der Waals surface area contributed by atoms with Crippen molar-refractivity contribution in [3.8, 4) is 5.75 Å². The summed E-state index contributed by atoms with van der Waals surface area (Å²) in [6, 6.07) is 24.3. The molecule has 0 saturated carbocycles. The largest absolute Gasteiger partial charge is 0.497 e. The highest BCUT2D eigenvalue weighted by molar-refractivity contribution is 8.02. The molecule has 178 valence electrons. The average Bonchev–Trinajstić information content (AvgIpc) is 3.23. The van der Waals surface area contributed by atoms with Gasteiger partial charge in [0, 0.05) is 43.7 Å². The first-order chi connectivity index (χ1) is 17.0. The van der Waals surface area contributed by atoms with Crippen LogP contribution in [0.4, 0.5) is 5.69 Å². The Morgan fingerprint density at radius 2 is 1.71 bits per heavy atom. The smallest absolute Gasteiger partial charge is 0.230 e. The Morgan fingerprint density at radius 1 is 0.943 bits per heavy atom. The quantitative estimate of drug-likeness (QED) is 0.453. The van der Waals surface area contributed by atoms with Crippen LogP contribution in [-0.2, 0) is 28.2 Å². The number of rotatable bonds is 3. The molecule has 2 bridgehead atoms. The highest BCUT2D eigenvalue weighted by Crippen LogP contribution is 2.42. The maximum absolute atomic E-state index is 13.7. The Bertz CT molecular complexity index is 1290. The fraction of sp³-hybridized carbons (Fsp3) is 0.267. The standard InChI is InChI=1S/C30H29NO3S/c1-31(24-10-12-26(34-2)13-11-24)30(33)23-15-20-6-5-7-21(14-20)19-35-29-17-22-8-3-4-9-27(22)28(29)18-25(32)16-23/h3-14,23H,15-19H2,1-2H3/t23-/m1/s1. The number of hydrogen-bond acceptors (Lipinski definition) is 4. The third-order valence-corrected chi connectivity index (χ3v) is 8.12. The van der Waals surface area contributed by atoms with E-state index in [1.807, 2.05) is 42.1 Å². The molecule has 4 nitrogen and oxygen atoms in total. The van der Waals surface area contributed by atoms with Crippen LogP contribution in [0, 0.1) is 5.92 Å². The number of benzene rings is 3.